The Bertz CT molecular complexity index is 514. The molecule has 2 rings (SSSR count). The van der Waals surface area contributed by atoms with Crippen molar-refractivity contribution in [1.82, 2.24) is 14.8 Å². The minimum absolute atomic E-state index is 0.812. The van der Waals surface area contributed by atoms with Crippen molar-refractivity contribution < 1.29 is 0 Å². The van der Waals surface area contributed by atoms with E-state index in [0.29, 0.717) is 0 Å². The van der Waals surface area contributed by atoms with E-state index in [1.165, 1.54) is 9.75 Å². The third-order valence-electron chi connectivity index (χ3n) is 2.70. The Balaban J connectivity index is 1.90. The minimum atomic E-state index is 0.812. The van der Waals surface area contributed by atoms with E-state index >= 15 is 0 Å². The molecule has 2 heterocycles. The summed E-state index contributed by atoms with van der Waals surface area (Å²) >= 11 is 1.85. The minimum Gasteiger partial charge on any atom is -0.354 e. The molecule has 5 nitrogen and oxygen atoms in total. The zero-order chi connectivity index (χ0) is 13.1. The number of rotatable bonds is 5. The lowest BCUT2D eigenvalue weighted by Crippen LogP contribution is -2.15. The maximum absolute atomic E-state index is 4.14. The van der Waals surface area contributed by atoms with Gasteiger partial charge >= 0.3 is 0 Å². The summed E-state index contributed by atoms with van der Waals surface area (Å²) in [6.45, 7) is 3.01. The molecule has 0 radical (unpaired) electrons. The highest BCUT2D eigenvalue weighted by Gasteiger charge is 2.09. The van der Waals surface area contributed by atoms with Crippen LogP contribution in [-0.2, 0) is 13.5 Å². The molecule has 0 atom stereocenters. The monoisotopic (exact) mass is 265 g/mol. The first kappa shape index (κ1) is 12.9. The molecule has 0 saturated carbocycles. The smallest absolute Gasteiger partial charge is 0.227 e. The topological polar surface area (TPSA) is 46.0 Å². The summed E-state index contributed by atoms with van der Waals surface area (Å²) in [5.41, 5.74) is 0. The van der Waals surface area contributed by atoms with Gasteiger partial charge in [-0.25, -0.2) is 0 Å². The number of hydrogen-bond donors (Lipinski definition) is 1. The van der Waals surface area contributed by atoms with Gasteiger partial charge in [0.2, 0.25) is 11.9 Å². The molecule has 0 unspecified atom stereocenters. The fourth-order valence-corrected chi connectivity index (χ4v) is 2.67. The van der Waals surface area contributed by atoms with Crippen LogP contribution < -0.4 is 10.2 Å². The van der Waals surface area contributed by atoms with Crippen molar-refractivity contribution in [3.05, 3.63) is 21.9 Å². The molecule has 0 aliphatic rings. The van der Waals surface area contributed by atoms with Crippen molar-refractivity contribution in [1.29, 1.82) is 0 Å². The third kappa shape index (κ3) is 2.81. The third-order valence-corrected chi connectivity index (χ3v) is 3.76. The number of thiophene rings is 1. The maximum Gasteiger partial charge on any atom is 0.227 e. The predicted octanol–water partition coefficient (Wildman–Crippen LogP) is 1.91. The van der Waals surface area contributed by atoms with E-state index in [4.69, 9.17) is 0 Å². The SMILES string of the molecule is Cc1ccc(CCNc2nnc(N(C)C)n2C)s1. The van der Waals surface area contributed by atoms with E-state index in [1.54, 1.807) is 0 Å². The van der Waals surface area contributed by atoms with Crippen molar-refractivity contribution in [3.63, 3.8) is 0 Å². The first-order valence-electron chi connectivity index (χ1n) is 5.94. The largest absolute Gasteiger partial charge is 0.354 e. The highest BCUT2D eigenvalue weighted by atomic mass is 32.1. The van der Waals surface area contributed by atoms with Gasteiger partial charge in [0.25, 0.3) is 0 Å². The second-order valence-corrected chi connectivity index (χ2v) is 5.84. The first-order chi connectivity index (χ1) is 8.58. The number of aromatic nitrogens is 3. The van der Waals surface area contributed by atoms with Crippen LogP contribution >= 0.6 is 11.3 Å². The molecule has 0 amide bonds. The fraction of sp³-hybridized carbons (Fsp3) is 0.500. The normalized spacial score (nSPS) is 10.7. The number of anilines is 2. The van der Waals surface area contributed by atoms with Crippen LogP contribution in [0.4, 0.5) is 11.9 Å². The van der Waals surface area contributed by atoms with Crippen LogP contribution in [0.1, 0.15) is 9.75 Å². The van der Waals surface area contributed by atoms with Crippen LogP contribution in [0.3, 0.4) is 0 Å². The molecule has 0 spiro atoms. The summed E-state index contributed by atoms with van der Waals surface area (Å²) in [6, 6.07) is 4.34. The van der Waals surface area contributed by atoms with Gasteiger partial charge in [-0.05, 0) is 25.5 Å². The maximum atomic E-state index is 4.14. The summed E-state index contributed by atoms with van der Waals surface area (Å²) in [7, 11) is 5.89. The van der Waals surface area contributed by atoms with Crippen LogP contribution in [0.5, 0.6) is 0 Å². The molecule has 1 N–H and O–H groups in total. The van der Waals surface area contributed by atoms with Crippen molar-refractivity contribution in [2.45, 2.75) is 13.3 Å². The van der Waals surface area contributed by atoms with Gasteiger partial charge < -0.3 is 10.2 Å². The molecule has 0 bridgehead atoms. The predicted molar refractivity (Wildman–Crippen MR) is 76.6 cm³/mol. The Kier molecular flexibility index (Phi) is 3.86. The van der Waals surface area contributed by atoms with Crippen LogP contribution in [0, 0.1) is 6.92 Å². The lowest BCUT2D eigenvalue weighted by atomic mass is 10.3. The molecule has 0 saturated heterocycles. The fourth-order valence-electron chi connectivity index (χ4n) is 1.78. The molecule has 2 aromatic rings. The van der Waals surface area contributed by atoms with E-state index < -0.39 is 0 Å². The van der Waals surface area contributed by atoms with Gasteiger partial charge in [0.15, 0.2) is 0 Å². The van der Waals surface area contributed by atoms with Crippen molar-refractivity contribution in [3.8, 4) is 0 Å². The molecule has 0 fully saturated rings. The van der Waals surface area contributed by atoms with Gasteiger partial charge in [-0.3, -0.25) is 4.57 Å². The molecule has 0 aliphatic heterocycles. The zero-order valence-corrected chi connectivity index (χ0v) is 12.1. The van der Waals surface area contributed by atoms with Crippen LogP contribution in [0.25, 0.3) is 0 Å². The molecule has 0 aromatic carbocycles. The zero-order valence-electron chi connectivity index (χ0n) is 11.3. The Labute approximate surface area is 111 Å². The highest BCUT2D eigenvalue weighted by molar-refractivity contribution is 7.11. The Morgan fingerprint density at radius 2 is 2.11 bits per heavy atom. The quantitative estimate of drug-likeness (QED) is 0.897. The van der Waals surface area contributed by atoms with Crippen LogP contribution in [0.15, 0.2) is 12.1 Å². The van der Waals surface area contributed by atoms with E-state index in [0.717, 1.165) is 24.9 Å². The second kappa shape index (κ2) is 5.39. The van der Waals surface area contributed by atoms with Crippen molar-refractivity contribution in [2.75, 3.05) is 30.9 Å². The Morgan fingerprint density at radius 1 is 1.33 bits per heavy atom. The summed E-state index contributed by atoms with van der Waals surface area (Å²) in [5.74, 6) is 1.66. The summed E-state index contributed by atoms with van der Waals surface area (Å²) in [6.07, 6.45) is 1.02. The molecular formula is C12H19N5S. The van der Waals surface area contributed by atoms with Gasteiger partial charge in [-0.15, -0.1) is 21.5 Å². The lowest BCUT2D eigenvalue weighted by Gasteiger charge is -2.11. The second-order valence-electron chi connectivity index (χ2n) is 4.47. The van der Waals surface area contributed by atoms with E-state index in [2.05, 4.69) is 34.6 Å². The standard InChI is InChI=1S/C12H19N5S/c1-9-5-6-10(18-9)7-8-13-11-14-15-12(16(2)3)17(11)4/h5-6H,7-8H2,1-4H3,(H,13,14). The molecule has 0 aliphatic carbocycles. The summed E-state index contributed by atoms with van der Waals surface area (Å²) < 4.78 is 1.96. The van der Waals surface area contributed by atoms with E-state index in [9.17, 15) is 0 Å². The van der Waals surface area contributed by atoms with Gasteiger partial charge in [0.05, 0.1) is 0 Å². The number of nitrogens with zero attached hydrogens (tertiary/aromatic N) is 4. The van der Waals surface area contributed by atoms with Gasteiger partial charge in [-0.2, -0.15) is 0 Å². The number of aryl methyl sites for hydroxylation is 1. The Morgan fingerprint density at radius 3 is 2.67 bits per heavy atom. The van der Waals surface area contributed by atoms with E-state index in [-0.39, 0.29) is 0 Å². The molecule has 18 heavy (non-hydrogen) atoms. The average Bonchev–Trinajstić information content (AvgIpc) is 2.87. The lowest BCUT2D eigenvalue weighted by molar-refractivity contribution is 0.860. The van der Waals surface area contributed by atoms with Gasteiger partial charge in [0.1, 0.15) is 0 Å². The number of hydrogen-bond acceptors (Lipinski definition) is 5. The van der Waals surface area contributed by atoms with E-state index in [1.807, 2.05) is 41.9 Å². The first-order valence-corrected chi connectivity index (χ1v) is 6.75. The molecular weight excluding hydrogens is 246 g/mol. The Hall–Kier alpha value is -1.56. The van der Waals surface area contributed by atoms with Crippen LogP contribution in [-0.4, -0.2) is 35.4 Å². The van der Waals surface area contributed by atoms with Gasteiger partial charge in [0, 0.05) is 37.4 Å². The average molecular weight is 265 g/mol. The van der Waals surface area contributed by atoms with Gasteiger partial charge in [-0.1, -0.05) is 0 Å². The summed E-state index contributed by atoms with van der Waals surface area (Å²) in [5, 5.41) is 11.6. The number of nitrogens with one attached hydrogen (secondary N) is 1. The molecule has 6 heteroatoms. The molecule has 98 valence electrons. The highest BCUT2D eigenvalue weighted by Crippen LogP contribution is 2.16. The molecule has 2 aromatic heterocycles. The summed E-state index contributed by atoms with van der Waals surface area (Å²) in [4.78, 5) is 4.70. The van der Waals surface area contributed by atoms with Crippen molar-refractivity contribution >= 4 is 23.2 Å². The van der Waals surface area contributed by atoms with Crippen LogP contribution in [0.2, 0.25) is 0 Å². The van der Waals surface area contributed by atoms with Crippen molar-refractivity contribution in [2.24, 2.45) is 7.05 Å².